The molecule has 2 aliphatic rings. The van der Waals surface area contributed by atoms with Gasteiger partial charge in [-0.2, -0.15) is 13.2 Å². The molecule has 0 atom stereocenters. The Labute approximate surface area is 171 Å². The summed E-state index contributed by atoms with van der Waals surface area (Å²) in [5.41, 5.74) is -0.127. The third-order valence-corrected chi connectivity index (χ3v) is 4.96. The normalized spacial score (nSPS) is 17.0. The van der Waals surface area contributed by atoms with Gasteiger partial charge in [-0.1, -0.05) is 0 Å². The molecule has 1 aromatic heterocycles. The summed E-state index contributed by atoms with van der Waals surface area (Å²) >= 11 is 0. The highest BCUT2D eigenvalue weighted by Crippen LogP contribution is 2.32. The number of alkyl halides is 3. The number of aromatic nitrogens is 1. The molecule has 10 heteroatoms. The van der Waals surface area contributed by atoms with Gasteiger partial charge in [0.25, 0.3) is 0 Å². The van der Waals surface area contributed by atoms with E-state index in [1.165, 1.54) is 6.07 Å². The van der Waals surface area contributed by atoms with Gasteiger partial charge in [0.2, 0.25) is 5.91 Å². The minimum Gasteiger partial charge on any atom is -0.486 e. The molecular formula is C20H21F3N4O3. The first-order valence-corrected chi connectivity index (χ1v) is 9.58. The van der Waals surface area contributed by atoms with Crippen molar-refractivity contribution in [2.24, 2.45) is 0 Å². The molecule has 2 aromatic rings. The molecule has 0 aliphatic carbocycles. The molecule has 4 rings (SSSR count). The summed E-state index contributed by atoms with van der Waals surface area (Å²) in [6.45, 7) is 3.58. The molecule has 3 heterocycles. The van der Waals surface area contributed by atoms with Crippen LogP contribution < -0.4 is 19.7 Å². The van der Waals surface area contributed by atoms with Crippen molar-refractivity contribution in [2.75, 3.05) is 56.2 Å². The number of halogens is 3. The maximum absolute atomic E-state index is 12.7. The molecule has 1 saturated heterocycles. The van der Waals surface area contributed by atoms with Crippen LogP contribution in [0.5, 0.6) is 11.5 Å². The third-order valence-electron chi connectivity index (χ3n) is 4.96. The number of piperazine rings is 1. The van der Waals surface area contributed by atoms with Crippen molar-refractivity contribution in [1.29, 1.82) is 0 Å². The monoisotopic (exact) mass is 422 g/mol. The number of anilines is 2. The molecular weight excluding hydrogens is 401 g/mol. The van der Waals surface area contributed by atoms with E-state index in [0.717, 1.165) is 12.3 Å². The maximum Gasteiger partial charge on any atom is 0.417 e. The van der Waals surface area contributed by atoms with Gasteiger partial charge in [0, 0.05) is 44.1 Å². The van der Waals surface area contributed by atoms with Gasteiger partial charge in [-0.05, 0) is 24.3 Å². The standard InChI is InChI=1S/C20H21F3N4O3/c21-20(22,23)14-1-4-18(24-12-14)27-7-5-26(6-8-27)13-19(28)25-15-2-3-16-17(11-15)30-10-9-29-16/h1-4,11-12H,5-10,13H2,(H,25,28). The fourth-order valence-electron chi connectivity index (χ4n) is 3.40. The van der Waals surface area contributed by atoms with Crippen LogP contribution in [-0.4, -0.2) is 61.7 Å². The van der Waals surface area contributed by atoms with Gasteiger partial charge < -0.3 is 19.7 Å². The highest BCUT2D eigenvalue weighted by molar-refractivity contribution is 5.92. The molecule has 2 aliphatic heterocycles. The number of hydrogen-bond acceptors (Lipinski definition) is 6. The smallest absolute Gasteiger partial charge is 0.417 e. The number of rotatable bonds is 4. The summed E-state index contributed by atoms with van der Waals surface area (Å²) in [6.07, 6.45) is -3.54. The van der Waals surface area contributed by atoms with Gasteiger partial charge in [-0.3, -0.25) is 9.69 Å². The summed E-state index contributed by atoms with van der Waals surface area (Å²) in [4.78, 5) is 20.2. The Hall–Kier alpha value is -3.01. The van der Waals surface area contributed by atoms with Crippen molar-refractivity contribution in [3.63, 3.8) is 0 Å². The first kappa shape index (κ1) is 20.3. The fraction of sp³-hybridized carbons (Fsp3) is 0.400. The molecule has 1 amide bonds. The number of nitrogens with one attached hydrogen (secondary N) is 1. The summed E-state index contributed by atoms with van der Waals surface area (Å²) in [7, 11) is 0. The van der Waals surface area contributed by atoms with Crippen LogP contribution in [0.25, 0.3) is 0 Å². The number of amides is 1. The second-order valence-corrected chi connectivity index (χ2v) is 7.07. The summed E-state index contributed by atoms with van der Waals surface area (Å²) in [5, 5.41) is 2.85. The van der Waals surface area contributed by atoms with E-state index in [-0.39, 0.29) is 12.5 Å². The van der Waals surface area contributed by atoms with Gasteiger partial charge >= 0.3 is 6.18 Å². The van der Waals surface area contributed by atoms with E-state index in [9.17, 15) is 18.0 Å². The second-order valence-electron chi connectivity index (χ2n) is 7.07. The van der Waals surface area contributed by atoms with Crippen LogP contribution in [0.2, 0.25) is 0 Å². The Bertz CT molecular complexity index is 897. The first-order valence-electron chi connectivity index (χ1n) is 9.58. The number of nitrogens with zero attached hydrogens (tertiary/aromatic N) is 3. The molecule has 0 unspecified atom stereocenters. The lowest BCUT2D eigenvalue weighted by molar-refractivity contribution is -0.137. The molecule has 1 N–H and O–H groups in total. The fourth-order valence-corrected chi connectivity index (χ4v) is 3.40. The van der Waals surface area contributed by atoms with Gasteiger partial charge in [-0.15, -0.1) is 0 Å². The molecule has 0 bridgehead atoms. The number of pyridine rings is 1. The van der Waals surface area contributed by atoms with Crippen LogP contribution >= 0.6 is 0 Å². The highest BCUT2D eigenvalue weighted by atomic mass is 19.4. The van der Waals surface area contributed by atoms with E-state index in [1.54, 1.807) is 18.2 Å². The van der Waals surface area contributed by atoms with Gasteiger partial charge in [0.05, 0.1) is 12.1 Å². The van der Waals surface area contributed by atoms with Gasteiger partial charge in [-0.25, -0.2) is 4.98 Å². The van der Waals surface area contributed by atoms with Crippen molar-refractivity contribution in [3.05, 3.63) is 42.1 Å². The molecule has 0 radical (unpaired) electrons. The van der Waals surface area contributed by atoms with Crippen LogP contribution in [0.4, 0.5) is 24.7 Å². The molecule has 30 heavy (non-hydrogen) atoms. The number of ether oxygens (including phenoxy) is 2. The SMILES string of the molecule is O=C(CN1CCN(c2ccc(C(F)(F)F)cn2)CC1)Nc1ccc2c(c1)OCCO2. The van der Waals surface area contributed by atoms with E-state index in [1.807, 2.05) is 9.80 Å². The Balaban J connectivity index is 1.27. The maximum atomic E-state index is 12.7. The average Bonchev–Trinajstić information content (AvgIpc) is 2.74. The molecule has 0 saturated carbocycles. The lowest BCUT2D eigenvalue weighted by Gasteiger charge is -2.35. The lowest BCUT2D eigenvalue weighted by atomic mass is 10.2. The van der Waals surface area contributed by atoms with E-state index in [0.29, 0.717) is 62.4 Å². The zero-order valence-electron chi connectivity index (χ0n) is 16.1. The van der Waals surface area contributed by atoms with Crippen LogP contribution in [0.15, 0.2) is 36.5 Å². The number of carbonyl (C=O) groups is 1. The van der Waals surface area contributed by atoms with Crippen LogP contribution in [0.1, 0.15) is 5.56 Å². The minimum absolute atomic E-state index is 0.146. The second kappa shape index (κ2) is 8.39. The zero-order chi connectivity index (χ0) is 21.1. The summed E-state index contributed by atoms with van der Waals surface area (Å²) in [6, 6.07) is 7.68. The van der Waals surface area contributed by atoms with Crippen molar-refractivity contribution in [2.45, 2.75) is 6.18 Å². The number of hydrogen-bond donors (Lipinski definition) is 1. The highest BCUT2D eigenvalue weighted by Gasteiger charge is 2.31. The van der Waals surface area contributed by atoms with Crippen LogP contribution in [0.3, 0.4) is 0 Å². The molecule has 1 aromatic carbocycles. The number of benzene rings is 1. The Morgan fingerprint density at radius 2 is 1.77 bits per heavy atom. The zero-order valence-corrected chi connectivity index (χ0v) is 16.1. The van der Waals surface area contributed by atoms with E-state index in [2.05, 4.69) is 10.3 Å². The average molecular weight is 422 g/mol. The molecule has 1 fully saturated rings. The van der Waals surface area contributed by atoms with Crippen molar-refractivity contribution < 1.29 is 27.4 Å². The Kier molecular flexibility index (Phi) is 5.67. The quantitative estimate of drug-likeness (QED) is 0.817. The third kappa shape index (κ3) is 4.76. The van der Waals surface area contributed by atoms with E-state index >= 15 is 0 Å². The minimum atomic E-state index is -4.39. The van der Waals surface area contributed by atoms with Crippen LogP contribution in [-0.2, 0) is 11.0 Å². The van der Waals surface area contributed by atoms with Gasteiger partial charge in [0.15, 0.2) is 11.5 Å². The molecule has 160 valence electrons. The largest absolute Gasteiger partial charge is 0.486 e. The molecule has 0 spiro atoms. The predicted molar refractivity (Wildman–Crippen MR) is 104 cm³/mol. The topological polar surface area (TPSA) is 66.9 Å². The number of fused-ring (bicyclic) bond motifs is 1. The summed E-state index contributed by atoms with van der Waals surface area (Å²) < 4.78 is 49.0. The van der Waals surface area contributed by atoms with Crippen molar-refractivity contribution >= 4 is 17.4 Å². The lowest BCUT2D eigenvalue weighted by Crippen LogP contribution is -2.48. The van der Waals surface area contributed by atoms with Crippen molar-refractivity contribution in [1.82, 2.24) is 9.88 Å². The Morgan fingerprint density at radius 3 is 2.43 bits per heavy atom. The van der Waals surface area contributed by atoms with Gasteiger partial charge in [0.1, 0.15) is 19.0 Å². The number of carbonyl (C=O) groups excluding carboxylic acids is 1. The Morgan fingerprint density at radius 1 is 1.03 bits per heavy atom. The molecule has 7 nitrogen and oxygen atoms in total. The first-order chi connectivity index (χ1) is 14.4. The van der Waals surface area contributed by atoms with E-state index in [4.69, 9.17) is 9.47 Å². The summed E-state index contributed by atoms with van der Waals surface area (Å²) in [5.74, 6) is 1.63. The van der Waals surface area contributed by atoms with E-state index < -0.39 is 11.7 Å². The van der Waals surface area contributed by atoms with Crippen LogP contribution in [0, 0.1) is 0 Å². The van der Waals surface area contributed by atoms with Crippen molar-refractivity contribution in [3.8, 4) is 11.5 Å². The predicted octanol–water partition coefficient (Wildman–Crippen LogP) is 2.63.